The highest BCUT2D eigenvalue weighted by Gasteiger charge is 2.43. The average molecular weight is 528 g/mol. The summed E-state index contributed by atoms with van der Waals surface area (Å²) in [6, 6.07) is 9.65. The number of carbonyl (C=O) groups is 1. The molecule has 0 spiro atoms. The number of alkyl halides is 3. The van der Waals surface area contributed by atoms with Gasteiger partial charge in [-0.3, -0.25) is 9.36 Å². The molecule has 0 bridgehead atoms. The zero-order chi connectivity index (χ0) is 23.9. The minimum absolute atomic E-state index is 0.105. The van der Waals surface area contributed by atoms with Gasteiger partial charge in [0.1, 0.15) is 12.2 Å². The van der Waals surface area contributed by atoms with Crippen molar-refractivity contribution in [1.82, 2.24) is 14.8 Å². The van der Waals surface area contributed by atoms with Gasteiger partial charge in [0.2, 0.25) is 5.82 Å². The van der Waals surface area contributed by atoms with Crippen molar-refractivity contribution in [1.29, 1.82) is 0 Å². The first kappa shape index (κ1) is 23.1. The Kier molecular flexibility index (Phi) is 6.06. The number of benzene rings is 2. The lowest BCUT2D eigenvalue weighted by Crippen LogP contribution is -2.17. The third-order valence-electron chi connectivity index (χ3n) is 5.12. The van der Waals surface area contributed by atoms with Crippen LogP contribution in [0.15, 0.2) is 40.9 Å². The number of carboxylic acids is 1. The monoisotopic (exact) mass is 527 g/mol. The Labute approximate surface area is 194 Å². The molecule has 2 aromatic carbocycles. The van der Waals surface area contributed by atoms with E-state index >= 15 is 0 Å². The topological polar surface area (TPSA) is 95.7 Å². The van der Waals surface area contributed by atoms with Gasteiger partial charge in [0.25, 0.3) is 0 Å². The molecule has 33 heavy (non-hydrogen) atoms. The second-order valence-electron chi connectivity index (χ2n) is 7.10. The number of halogens is 4. The van der Waals surface area contributed by atoms with Crippen LogP contribution in [0.25, 0.3) is 5.69 Å². The number of para-hydroxylation sites is 1. The van der Waals surface area contributed by atoms with Crippen LogP contribution in [-0.2, 0) is 15.7 Å². The van der Waals surface area contributed by atoms with Gasteiger partial charge in [-0.15, -0.1) is 10.2 Å². The van der Waals surface area contributed by atoms with E-state index in [9.17, 15) is 23.1 Å². The van der Waals surface area contributed by atoms with Gasteiger partial charge in [0.15, 0.2) is 17.3 Å². The Hall–Kier alpha value is -3.12. The predicted octanol–water partition coefficient (Wildman–Crippen LogP) is 4.70. The Morgan fingerprint density at radius 3 is 2.58 bits per heavy atom. The molecule has 1 aliphatic heterocycles. The summed E-state index contributed by atoms with van der Waals surface area (Å²) in [4.78, 5) is 11.6. The van der Waals surface area contributed by atoms with Crippen LogP contribution in [0.1, 0.15) is 41.4 Å². The Bertz CT molecular complexity index is 1210. The first-order valence-electron chi connectivity index (χ1n) is 9.56. The van der Waals surface area contributed by atoms with E-state index < -0.39 is 36.6 Å². The van der Waals surface area contributed by atoms with Crippen molar-refractivity contribution in [3.63, 3.8) is 0 Å². The lowest BCUT2D eigenvalue weighted by molar-refractivity contribution is -0.146. The van der Waals surface area contributed by atoms with E-state index in [1.54, 1.807) is 30.3 Å². The Balaban J connectivity index is 2.04. The zero-order valence-electron chi connectivity index (χ0n) is 17.3. The van der Waals surface area contributed by atoms with Crippen molar-refractivity contribution in [2.75, 3.05) is 14.2 Å². The van der Waals surface area contributed by atoms with Crippen molar-refractivity contribution in [3.05, 3.63) is 63.6 Å². The molecule has 0 amide bonds. The molecule has 1 aromatic heterocycles. The molecule has 174 valence electrons. The van der Waals surface area contributed by atoms with Gasteiger partial charge in [-0.1, -0.05) is 28.1 Å². The number of nitrogens with zero attached hydrogens (tertiary/aromatic N) is 3. The van der Waals surface area contributed by atoms with E-state index in [2.05, 4.69) is 26.1 Å². The summed E-state index contributed by atoms with van der Waals surface area (Å²) >= 11 is 3.36. The van der Waals surface area contributed by atoms with Crippen LogP contribution in [0.3, 0.4) is 0 Å². The SMILES string of the molecule is COc1cccc(C2OC(CC(=O)O)c3nnc(C(F)(F)F)n3-c3ccc(Br)cc32)c1OC. The second kappa shape index (κ2) is 8.67. The highest BCUT2D eigenvalue weighted by Crippen LogP contribution is 2.47. The largest absolute Gasteiger partial charge is 0.493 e. The quantitative estimate of drug-likeness (QED) is 0.513. The summed E-state index contributed by atoms with van der Waals surface area (Å²) in [7, 11) is 2.87. The maximum Gasteiger partial charge on any atom is 0.452 e. The molecule has 0 saturated heterocycles. The van der Waals surface area contributed by atoms with E-state index in [4.69, 9.17) is 14.2 Å². The van der Waals surface area contributed by atoms with Crippen LogP contribution in [0.4, 0.5) is 13.2 Å². The number of fused-ring (bicyclic) bond motifs is 3. The minimum atomic E-state index is -4.84. The first-order valence-corrected chi connectivity index (χ1v) is 10.4. The van der Waals surface area contributed by atoms with E-state index in [0.717, 1.165) is 4.57 Å². The molecule has 2 heterocycles. The number of methoxy groups -OCH3 is 2. The van der Waals surface area contributed by atoms with Crippen LogP contribution in [0.5, 0.6) is 11.5 Å². The minimum Gasteiger partial charge on any atom is -0.493 e. The maximum absolute atomic E-state index is 13.8. The highest BCUT2D eigenvalue weighted by atomic mass is 79.9. The van der Waals surface area contributed by atoms with Crippen molar-refractivity contribution in [3.8, 4) is 17.2 Å². The third-order valence-corrected chi connectivity index (χ3v) is 5.61. The summed E-state index contributed by atoms with van der Waals surface area (Å²) in [5.41, 5.74) is 0.877. The molecule has 12 heteroatoms. The van der Waals surface area contributed by atoms with E-state index in [1.807, 2.05) is 0 Å². The van der Waals surface area contributed by atoms with Gasteiger partial charge in [0.05, 0.1) is 26.3 Å². The summed E-state index contributed by atoms with van der Waals surface area (Å²) in [6.45, 7) is 0. The lowest BCUT2D eigenvalue weighted by atomic mass is 9.98. The summed E-state index contributed by atoms with van der Waals surface area (Å²) in [5, 5.41) is 16.4. The zero-order valence-corrected chi connectivity index (χ0v) is 18.8. The smallest absolute Gasteiger partial charge is 0.452 e. The van der Waals surface area contributed by atoms with Gasteiger partial charge < -0.3 is 19.3 Å². The number of aromatic nitrogens is 3. The van der Waals surface area contributed by atoms with Gasteiger partial charge in [-0.25, -0.2) is 0 Å². The van der Waals surface area contributed by atoms with Crippen LogP contribution < -0.4 is 9.47 Å². The lowest BCUT2D eigenvalue weighted by Gasteiger charge is -2.24. The molecular formula is C21H17BrF3N3O5. The summed E-state index contributed by atoms with van der Waals surface area (Å²) in [5.74, 6) is -2.13. The fourth-order valence-electron chi connectivity index (χ4n) is 3.82. The molecule has 8 nitrogen and oxygen atoms in total. The first-order chi connectivity index (χ1) is 15.7. The molecule has 4 rings (SSSR count). The van der Waals surface area contributed by atoms with E-state index in [-0.39, 0.29) is 11.5 Å². The molecule has 2 atom stereocenters. The normalized spacial score (nSPS) is 17.6. The third kappa shape index (κ3) is 4.15. The van der Waals surface area contributed by atoms with Crippen LogP contribution in [-0.4, -0.2) is 40.1 Å². The average Bonchev–Trinajstić information content (AvgIpc) is 3.16. The van der Waals surface area contributed by atoms with E-state index in [0.29, 0.717) is 27.1 Å². The maximum atomic E-state index is 13.8. The van der Waals surface area contributed by atoms with Crippen molar-refractivity contribution in [2.24, 2.45) is 0 Å². The number of rotatable bonds is 5. The van der Waals surface area contributed by atoms with Crippen LogP contribution in [0, 0.1) is 0 Å². The summed E-state index contributed by atoms with van der Waals surface area (Å²) in [6.07, 6.45) is -7.81. The molecule has 3 aromatic rings. The number of hydrogen-bond acceptors (Lipinski definition) is 6. The number of carboxylic acid groups (broad SMARTS) is 1. The molecular weight excluding hydrogens is 511 g/mol. The van der Waals surface area contributed by atoms with Crippen LogP contribution in [0.2, 0.25) is 0 Å². The Morgan fingerprint density at radius 2 is 1.94 bits per heavy atom. The molecule has 0 saturated carbocycles. The van der Waals surface area contributed by atoms with Crippen molar-refractivity contribution >= 4 is 21.9 Å². The van der Waals surface area contributed by atoms with Gasteiger partial charge in [-0.05, 0) is 24.3 Å². The van der Waals surface area contributed by atoms with Crippen molar-refractivity contribution < 1.29 is 37.3 Å². The molecule has 0 fully saturated rings. The fourth-order valence-corrected chi connectivity index (χ4v) is 4.20. The van der Waals surface area contributed by atoms with Crippen molar-refractivity contribution in [2.45, 2.75) is 24.8 Å². The fraction of sp³-hybridized carbons (Fsp3) is 0.286. The van der Waals surface area contributed by atoms with Crippen LogP contribution >= 0.6 is 15.9 Å². The summed E-state index contributed by atoms with van der Waals surface area (Å²) < 4.78 is 59.9. The standard InChI is InChI=1S/C21H17BrF3N3O5/c1-31-14-5-3-4-11(18(14)32-2)17-12-8-10(22)6-7-13(12)28-19(15(33-17)9-16(29)30)26-27-20(28)21(23,24)25/h3-8,15,17H,9H2,1-2H3,(H,29,30). The molecule has 0 aliphatic carbocycles. The van der Waals surface area contributed by atoms with Gasteiger partial charge in [-0.2, -0.15) is 13.2 Å². The second-order valence-corrected chi connectivity index (χ2v) is 8.02. The molecule has 2 unspecified atom stereocenters. The molecule has 1 N–H and O–H groups in total. The highest BCUT2D eigenvalue weighted by molar-refractivity contribution is 9.10. The Morgan fingerprint density at radius 1 is 1.18 bits per heavy atom. The van der Waals surface area contributed by atoms with Gasteiger partial charge >= 0.3 is 12.1 Å². The number of aliphatic carboxylic acids is 1. The number of hydrogen-bond donors (Lipinski definition) is 1. The van der Waals surface area contributed by atoms with E-state index in [1.165, 1.54) is 20.3 Å². The van der Waals surface area contributed by atoms with Gasteiger partial charge in [0, 0.05) is 15.6 Å². The molecule has 1 aliphatic rings. The predicted molar refractivity (Wildman–Crippen MR) is 112 cm³/mol. The number of ether oxygens (including phenoxy) is 3. The molecule has 0 radical (unpaired) electrons.